The second-order valence-corrected chi connectivity index (χ2v) is 3.28. The largest absolute Gasteiger partial charge is 0.256 e. The van der Waals surface area contributed by atoms with Crippen LogP contribution in [0.25, 0.3) is 21.7 Å². The molecule has 2 aromatic carbocycles. The van der Waals surface area contributed by atoms with Crippen molar-refractivity contribution in [3.05, 3.63) is 54.7 Å². The molecule has 0 aliphatic heterocycles. The molecule has 0 saturated carbocycles. The molecule has 0 fully saturated rings. The van der Waals surface area contributed by atoms with Crippen molar-refractivity contribution < 1.29 is 0 Å². The zero-order valence-corrected chi connectivity index (χ0v) is 7.57. The van der Waals surface area contributed by atoms with Crippen LogP contribution in [-0.4, -0.2) is 4.98 Å². The average Bonchev–Trinajstić information content (AvgIpc) is 2.29. The molecule has 0 amide bonds. The molecular weight excluding hydrogens is 170 g/mol. The lowest BCUT2D eigenvalue weighted by Gasteiger charge is -2.00. The fourth-order valence-corrected chi connectivity index (χ4v) is 1.73. The number of hydrogen-bond donors (Lipinski definition) is 0. The van der Waals surface area contributed by atoms with Gasteiger partial charge in [-0.05, 0) is 23.6 Å². The first-order valence-corrected chi connectivity index (χ1v) is 4.59. The molecule has 0 spiro atoms. The number of aromatic nitrogens is 1. The molecule has 0 unspecified atom stereocenters. The van der Waals surface area contributed by atoms with E-state index >= 15 is 0 Å². The number of pyridine rings is 1. The fraction of sp³-hybridized carbons (Fsp3) is 0. The molecule has 3 rings (SSSR count). The van der Waals surface area contributed by atoms with Gasteiger partial charge < -0.3 is 0 Å². The van der Waals surface area contributed by atoms with E-state index in [9.17, 15) is 0 Å². The first kappa shape index (κ1) is 7.51. The second kappa shape index (κ2) is 2.81. The lowest BCUT2D eigenvalue weighted by molar-refractivity contribution is 1.43. The van der Waals surface area contributed by atoms with Gasteiger partial charge in [-0.1, -0.05) is 30.3 Å². The third-order valence-electron chi connectivity index (χ3n) is 2.41. The number of nitrogens with zero attached hydrogens (tertiary/aromatic N) is 1. The minimum Gasteiger partial charge on any atom is -0.256 e. The number of hydrogen-bond acceptors (Lipinski definition) is 1. The monoisotopic (exact) mass is 178 g/mol. The molecule has 1 aromatic heterocycles. The van der Waals surface area contributed by atoms with Gasteiger partial charge in [-0.2, -0.15) is 0 Å². The van der Waals surface area contributed by atoms with E-state index in [1.807, 2.05) is 36.5 Å². The molecule has 14 heavy (non-hydrogen) atoms. The highest BCUT2D eigenvalue weighted by atomic mass is 14.6. The van der Waals surface area contributed by atoms with Crippen molar-refractivity contribution in [1.82, 2.24) is 4.98 Å². The second-order valence-electron chi connectivity index (χ2n) is 3.28. The SMILES string of the molecule is [c]1cc2ccccc2c2ncccc12. The first-order chi connectivity index (χ1) is 6.95. The van der Waals surface area contributed by atoms with Gasteiger partial charge in [0, 0.05) is 17.0 Å². The van der Waals surface area contributed by atoms with Crippen LogP contribution in [-0.2, 0) is 0 Å². The molecule has 0 aliphatic carbocycles. The van der Waals surface area contributed by atoms with E-state index < -0.39 is 0 Å². The topological polar surface area (TPSA) is 12.9 Å². The maximum absolute atomic E-state index is 4.38. The molecule has 0 atom stereocenters. The van der Waals surface area contributed by atoms with Gasteiger partial charge in [-0.25, -0.2) is 0 Å². The zero-order chi connectivity index (χ0) is 9.38. The van der Waals surface area contributed by atoms with Crippen molar-refractivity contribution in [2.75, 3.05) is 0 Å². The number of rotatable bonds is 0. The Labute approximate surface area is 82.0 Å². The van der Waals surface area contributed by atoms with E-state index in [1.54, 1.807) is 0 Å². The molecule has 0 aliphatic rings. The molecule has 0 N–H and O–H groups in total. The Morgan fingerprint density at radius 1 is 1.00 bits per heavy atom. The summed E-state index contributed by atoms with van der Waals surface area (Å²) in [5, 5.41) is 3.46. The summed E-state index contributed by atoms with van der Waals surface area (Å²) in [7, 11) is 0. The molecule has 3 aromatic rings. The van der Waals surface area contributed by atoms with Crippen molar-refractivity contribution >= 4 is 21.7 Å². The highest BCUT2D eigenvalue weighted by Gasteiger charge is 1.99. The Hall–Kier alpha value is -1.89. The van der Waals surface area contributed by atoms with Crippen molar-refractivity contribution in [2.45, 2.75) is 0 Å². The molecule has 65 valence electrons. The van der Waals surface area contributed by atoms with Gasteiger partial charge in [-0.3, -0.25) is 4.98 Å². The molecule has 1 heterocycles. The minimum atomic E-state index is 1.03. The molecule has 1 heteroatoms. The summed E-state index contributed by atoms with van der Waals surface area (Å²) < 4.78 is 0. The summed E-state index contributed by atoms with van der Waals surface area (Å²) in [6, 6.07) is 17.5. The molecule has 1 radical (unpaired) electrons. The fourth-order valence-electron chi connectivity index (χ4n) is 1.73. The number of fused-ring (bicyclic) bond motifs is 3. The van der Waals surface area contributed by atoms with Gasteiger partial charge in [0.25, 0.3) is 0 Å². The lowest BCUT2D eigenvalue weighted by atomic mass is 10.1. The standard InChI is InChI=1S/C13H8N/c1-2-6-12-10(4-1)7-8-11-5-3-9-14-13(11)12/h1-7,9H. The Bertz CT molecular complexity index is 544. The minimum absolute atomic E-state index is 1.03. The Balaban J connectivity index is 2.61. The van der Waals surface area contributed by atoms with Crippen LogP contribution < -0.4 is 0 Å². The van der Waals surface area contributed by atoms with Gasteiger partial charge in [0.1, 0.15) is 0 Å². The summed E-state index contributed by atoms with van der Waals surface area (Å²) in [4.78, 5) is 4.38. The van der Waals surface area contributed by atoms with Crippen LogP contribution in [0.3, 0.4) is 0 Å². The van der Waals surface area contributed by atoms with Crippen molar-refractivity contribution in [1.29, 1.82) is 0 Å². The predicted molar refractivity (Wildman–Crippen MR) is 58.1 cm³/mol. The maximum atomic E-state index is 4.38. The summed E-state index contributed by atoms with van der Waals surface area (Å²) in [6.07, 6.45) is 1.82. The van der Waals surface area contributed by atoms with Crippen LogP contribution in [0.4, 0.5) is 0 Å². The molecule has 0 bridgehead atoms. The van der Waals surface area contributed by atoms with E-state index in [-0.39, 0.29) is 0 Å². The Kier molecular flexibility index (Phi) is 1.51. The van der Waals surface area contributed by atoms with Crippen molar-refractivity contribution in [3.63, 3.8) is 0 Å². The summed E-state index contributed by atoms with van der Waals surface area (Å²) in [5.41, 5.74) is 1.03. The van der Waals surface area contributed by atoms with Crippen molar-refractivity contribution in [2.24, 2.45) is 0 Å². The van der Waals surface area contributed by atoms with Gasteiger partial charge >= 0.3 is 0 Å². The van der Waals surface area contributed by atoms with Gasteiger partial charge in [0.2, 0.25) is 0 Å². The van der Waals surface area contributed by atoms with Crippen molar-refractivity contribution in [3.8, 4) is 0 Å². The summed E-state index contributed by atoms with van der Waals surface area (Å²) >= 11 is 0. The van der Waals surface area contributed by atoms with Crippen LogP contribution in [0.2, 0.25) is 0 Å². The molecule has 0 saturated heterocycles. The first-order valence-electron chi connectivity index (χ1n) is 4.59. The van der Waals surface area contributed by atoms with Gasteiger partial charge in [-0.15, -0.1) is 0 Å². The molecular formula is C13H8N. The van der Waals surface area contributed by atoms with Gasteiger partial charge in [0.15, 0.2) is 0 Å². The van der Waals surface area contributed by atoms with Crippen LogP contribution in [0.15, 0.2) is 48.7 Å². The van der Waals surface area contributed by atoms with Crippen LogP contribution in [0.1, 0.15) is 0 Å². The highest BCUT2D eigenvalue weighted by Crippen LogP contribution is 2.22. The maximum Gasteiger partial charge on any atom is 0.0786 e. The highest BCUT2D eigenvalue weighted by molar-refractivity contribution is 6.04. The smallest absolute Gasteiger partial charge is 0.0786 e. The Morgan fingerprint density at radius 2 is 1.93 bits per heavy atom. The van der Waals surface area contributed by atoms with Crippen LogP contribution >= 0.6 is 0 Å². The normalized spacial score (nSPS) is 10.9. The van der Waals surface area contributed by atoms with E-state index in [2.05, 4.69) is 23.2 Å². The predicted octanol–water partition coefficient (Wildman–Crippen LogP) is 3.19. The lowest BCUT2D eigenvalue weighted by Crippen LogP contribution is -1.80. The quantitative estimate of drug-likeness (QED) is 0.482. The zero-order valence-electron chi connectivity index (χ0n) is 7.57. The summed E-state index contributed by atoms with van der Waals surface area (Å²) in [6.45, 7) is 0. The number of benzene rings is 2. The van der Waals surface area contributed by atoms with E-state index in [0.29, 0.717) is 0 Å². The van der Waals surface area contributed by atoms with Crippen LogP contribution in [0, 0.1) is 6.07 Å². The Morgan fingerprint density at radius 3 is 2.93 bits per heavy atom. The van der Waals surface area contributed by atoms with E-state index in [1.165, 1.54) is 10.8 Å². The van der Waals surface area contributed by atoms with E-state index in [4.69, 9.17) is 0 Å². The average molecular weight is 178 g/mol. The van der Waals surface area contributed by atoms with E-state index in [0.717, 1.165) is 10.9 Å². The van der Waals surface area contributed by atoms with Gasteiger partial charge in [0.05, 0.1) is 5.52 Å². The summed E-state index contributed by atoms with van der Waals surface area (Å²) in [5.74, 6) is 0. The molecule has 1 nitrogen and oxygen atoms in total. The van der Waals surface area contributed by atoms with Crippen LogP contribution in [0.5, 0.6) is 0 Å². The third-order valence-corrected chi connectivity index (χ3v) is 2.41. The third kappa shape index (κ3) is 0.990.